The number of anilines is 1. The summed E-state index contributed by atoms with van der Waals surface area (Å²) in [6.45, 7) is 0.902. The highest BCUT2D eigenvalue weighted by Gasteiger charge is 2.29. The molecule has 2 aromatic heterocycles. The lowest BCUT2D eigenvalue weighted by Crippen LogP contribution is -2.42. The number of benzene rings is 1. The Labute approximate surface area is 171 Å². The molecule has 0 amide bonds. The van der Waals surface area contributed by atoms with Gasteiger partial charge in [-0.05, 0) is 31.0 Å². The van der Waals surface area contributed by atoms with E-state index in [9.17, 15) is 18.4 Å². The maximum absolute atomic E-state index is 13.5. The van der Waals surface area contributed by atoms with E-state index in [1.165, 1.54) is 17.0 Å². The molecule has 3 aromatic rings. The maximum atomic E-state index is 13.5. The first kappa shape index (κ1) is 19.8. The Bertz CT molecular complexity index is 1130. The highest BCUT2D eigenvalue weighted by molar-refractivity contribution is 5.98. The summed E-state index contributed by atoms with van der Waals surface area (Å²) in [7, 11) is 1.61. The fourth-order valence-electron chi connectivity index (χ4n) is 3.69. The molecular formula is C21H19F2N5O2. The van der Waals surface area contributed by atoms with Crippen LogP contribution in [0.5, 0.6) is 0 Å². The highest BCUT2D eigenvalue weighted by atomic mass is 19.1. The first-order chi connectivity index (χ1) is 14.4. The third-order valence-electron chi connectivity index (χ3n) is 5.18. The number of carbonyl (C=O) groups is 1. The smallest absolute Gasteiger partial charge is 0.255 e. The standard InChI is InChI=1S/C21H19F2N5O2/c1-27-19(29)10-18(17-4-5-24-12-25-17)26-21(27)28-6-2-3-13(11-28)20(30)14-7-15(22)9-16(23)8-14/h4-5,7-10,12-13H,2-3,6,11H2,1H3. The van der Waals surface area contributed by atoms with Crippen LogP contribution >= 0.6 is 0 Å². The molecule has 3 heterocycles. The molecule has 154 valence electrons. The molecule has 4 rings (SSSR count). The number of carbonyl (C=O) groups excluding carboxylic acids is 1. The average Bonchev–Trinajstić information content (AvgIpc) is 2.75. The van der Waals surface area contributed by atoms with Crippen LogP contribution in [-0.2, 0) is 7.05 Å². The zero-order valence-electron chi connectivity index (χ0n) is 16.3. The van der Waals surface area contributed by atoms with Crippen LogP contribution in [0.2, 0.25) is 0 Å². The lowest BCUT2D eigenvalue weighted by Gasteiger charge is -2.33. The van der Waals surface area contributed by atoms with Gasteiger partial charge in [-0.15, -0.1) is 0 Å². The average molecular weight is 411 g/mol. The van der Waals surface area contributed by atoms with Gasteiger partial charge in [-0.25, -0.2) is 23.7 Å². The summed E-state index contributed by atoms with van der Waals surface area (Å²) in [6.07, 6.45) is 4.21. The topological polar surface area (TPSA) is 81.0 Å². The number of hydrogen-bond acceptors (Lipinski definition) is 6. The first-order valence-corrected chi connectivity index (χ1v) is 9.52. The van der Waals surface area contributed by atoms with Gasteiger partial charge in [-0.2, -0.15) is 0 Å². The molecule has 0 N–H and O–H groups in total. The Morgan fingerprint density at radius 3 is 2.60 bits per heavy atom. The second kappa shape index (κ2) is 8.10. The Morgan fingerprint density at radius 2 is 1.90 bits per heavy atom. The van der Waals surface area contributed by atoms with Crippen LogP contribution in [-0.4, -0.2) is 38.4 Å². The Hall–Kier alpha value is -3.49. The number of halogens is 2. The van der Waals surface area contributed by atoms with E-state index in [0.717, 1.165) is 18.2 Å². The maximum Gasteiger partial charge on any atom is 0.255 e. The van der Waals surface area contributed by atoms with Crippen molar-refractivity contribution in [2.45, 2.75) is 12.8 Å². The van der Waals surface area contributed by atoms with Gasteiger partial charge in [0.2, 0.25) is 5.95 Å². The molecule has 0 saturated carbocycles. The van der Waals surface area contributed by atoms with Crippen molar-refractivity contribution in [3.63, 3.8) is 0 Å². The van der Waals surface area contributed by atoms with Crippen molar-refractivity contribution in [1.29, 1.82) is 0 Å². The molecule has 0 bridgehead atoms. The fourth-order valence-corrected chi connectivity index (χ4v) is 3.69. The van der Waals surface area contributed by atoms with Gasteiger partial charge in [-0.1, -0.05) is 0 Å². The molecule has 0 spiro atoms. The van der Waals surface area contributed by atoms with Crippen molar-refractivity contribution in [2.75, 3.05) is 18.0 Å². The largest absolute Gasteiger partial charge is 0.341 e. The van der Waals surface area contributed by atoms with Crippen molar-refractivity contribution in [3.05, 3.63) is 70.4 Å². The van der Waals surface area contributed by atoms with Gasteiger partial charge in [0, 0.05) is 49.9 Å². The van der Waals surface area contributed by atoms with Crippen LogP contribution in [0.4, 0.5) is 14.7 Å². The van der Waals surface area contributed by atoms with Crippen molar-refractivity contribution in [1.82, 2.24) is 19.5 Å². The Kier molecular flexibility index (Phi) is 5.35. The summed E-state index contributed by atoms with van der Waals surface area (Å²) in [5.41, 5.74) is 0.685. The van der Waals surface area contributed by atoms with E-state index in [-0.39, 0.29) is 16.9 Å². The molecule has 0 radical (unpaired) electrons. The molecule has 1 aliphatic rings. The fraction of sp³-hybridized carbons (Fsp3) is 0.286. The van der Waals surface area contributed by atoms with Crippen molar-refractivity contribution in [3.8, 4) is 11.4 Å². The number of rotatable bonds is 4. The molecule has 30 heavy (non-hydrogen) atoms. The normalized spacial score (nSPS) is 16.5. The van der Waals surface area contributed by atoms with Crippen molar-refractivity contribution >= 4 is 11.7 Å². The summed E-state index contributed by atoms with van der Waals surface area (Å²) in [5.74, 6) is -1.94. The van der Waals surface area contributed by atoms with Gasteiger partial charge < -0.3 is 4.90 Å². The molecule has 0 aliphatic carbocycles. The van der Waals surface area contributed by atoms with Gasteiger partial charge in [0.15, 0.2) is 5.78 Å². The van der Waals surface area contributed by atoms with E-state index < -0.39 is 17.6 Å². The number of piperidine rings is 1. The van der Waals surface area contributed by atoms with Crippen molar-refractivity contribution in [2.24, 2.45) is 13.0 Å². The van der Waals surface area contributed by atoms with E-state index in [1.807, 2.05) is 4.90 Å². The molecule has 9 heteroatoms. The minimum Gasteiger partial charge on any atom is -0.341 e. The minimum atomic E-state index is -0.785. The monoisotopic (exact) mass is 411 g/mol. The summed E-state index contributed by atoms with van der Waals surface area (Å²) in [5, 5.41) is 0. The van der Waals surface area contributed by atoms with Crippen LogP contribution in [0.25, 0.3) is 11.4 Å². The second-order valence-electron chi connectivity index (χ2n) is 7.24. The SMILES string of the molecule is Cn1c(N2CCCC(C(=O)c3cc(F)cc(F)c3)C2)nc(-c2ccncn2)cc1=O. The zero-order valence-corrected chi connectivity index (χ0v) is 16.3. The summed E-state index contributed by atoms with van der Waals surface area (Å²) < 4.78 is 28.5. The molecule has 1 fully saturated rings. The Balaban J connectivity index is 1.64. The highest BCUT2D eigenvalue weighted by Crippen LogP contribution is 2.25. The Morgan fingerprint density at radius 1 is 1.13 bits per heavy atom. The molecule has 1 saturated heterocycles. The van der Waals surface area contributed by atoms with Crippen LogP contribution in [0, 0.1) is 17.6 Å². The van der Waals surface area contributed by atoms with Gasteiger partial charge in [0.05, 0.1) is 11.4 Å². The van der Waals surface area contributed by atoms with Gasteiger partial charge in [0.1, 0.15) is 18.0 Å². The van der Waals surface area contributed by atoms with Gasteiger partial charge in [-0.3, -0.25) is 14.2 Å². The number of nitrogens with zero attached hydrogens (tertiary/aromatic N) is 5. The molecular weight excluding hydrogens is 392 g/mol. The predicted molar refractivity (Wildman–Crippen MR) is 106 cm³/mol. The third-order valence-corrected chi connectivity index (χ3v) is 5.18. The molecule has 1 aromatic carbocycles. The number of ketones is 1. The summed E-state index contributed by atoms with van der Waals surface area (Å²) in [6, 6.07) is 5.89. The van der Waals surface area contributed by atoms with E-state index in [1.54, 1.807) is 19.3 Å². The van der Waals surface area contributed by atoms with Crippen LogP contribution in [0.15, 0.2) is 47.7 Å². The molecule has 1 unspecified atom stereocenters. The van der Waals surface area contributed by atoms with E-state index >= 15 is 0 Å². The molecule has 7 nitrogen and oxygen atoms in total. The number of Topliss-reactive ketones (excluding diaryl/α,β-unsaturated/α-hetero) is 1. The zero-order chi connectivity index (χ0) is 21.3. The van der Waals surface area contributed by atoms with E-state index in [4.69, 9.17) is 0 Å². The van der Waals surface area contributed by atoms with E-state index in [2.05, 4.69) is 15.0 Å². The molecule has 1 aliphatic heterocycles. The van der Waals surface area contributed by atoms with Crippen molar-refractivity contribution < 1.29 is 13.6 Å². The first-order valence-electron chi connectivity index (χ1n) is 9.52. The van der Waals surface area contributed by atoms with E-state index in [0.29, 0.717) is 43.3 Å². The van der Waals surface area contributed by atoms with Crippen LogP contribution in [0.1, 0.15) is 23.2 Å². The van der Waals surface area contributed by atoms with Crippen LogP contribution in [0.3, 0.4) is 0 Å². The quantitative estimate of drug-likeness (QED) is 0.614. The predicted octanol–water partition coefficient (Wildman–Crippen LogP) is 2.61. The minimum absolute atomic E-state index is 0.0101. The summed E-state index contributed by atoms with van der Waals surface area (Å²) in [4.78, 5) is 39.8. The summed E-state index contributed by atoms with van der Waals surface area (Å²) >= 11 is 0. The lowest BCUT2D eigenvalue weighted by molar-refractivity contribution is 0.0905. The third kappa shape index (κ3) is 3.96. The number of aromatic nitrogens is 4. The second-order valence-corrected chi connectivity index (χ2v) is 7.24. The van der Waals surface area contributed by atoms with Gasteiger partial charge >= 0.3 is 0 Å². The number of hydrogen-bond donors (Lipinski definition) is 0. The molecule has 1 atom stereocenters. The van der Waals surface area contributed by atoms with Crippen LogP contribution < -0.4 is 10.5 Å². The van der Waals surface area contributed by atoms with Gasteiger partial charge in [0.25, 0.3) is 5.56 Å². The lowest BCUT2D eigenvalue weighted by atomic mass is 9.90.